The van der Waals surface area contributed by atoms with Gasteiger partial charge in [0, 0.05) is 17.8 Å². The highest BCUT2D eigenvalue weighted by atomic mass is 16.7. The maximum absolute atomic E-state index is 12.1. The van der Waals surface area contributed by atoms with Crippen LogP contribution in [-0.4, -0.2) is 25.3 Å². The average molecular weight is 248 g/mol. The first-order chi connectivity index (χ1) is 8.74. The van der Waals surface area contributed by atoms with E-state index in [1.165, 1.54) is 0 Å². The molecular weight excluding hydrogens is 232 g/mol. The molecule has 0 aliphatic carbocycles. The molecule has 18 heavy (non-hydrogen) atoms. The van der Waals surface area contributed by atoms with Crippen molar-refractivity contribution in [3.8, 4) is 11.5 Å². The molecule has 3 rings (SSSR count). The zero-order valence-electron chi connectivity index (χ0n) is 10.2. The second kappa shape index (κ2) is 4.49. The average Bonchev–Trinajstić information content (AvgIpc) is 2.96. The zero-order valence-corrected chi connectivity index (χ0v) is 10.2. The van der Waals surface area contributed by atoms with Crippen LogP contribution in [0.3, 0.4) is 0 Å². The molecule has 0 aromatic heterocycles. The second-order valence-corrected chi connectivity index (χ2v) is 4.70. The summed E-state index contributed by atoms with van der Waals surface area (Å²) in [5.41, 5.74) is 0.753. The van der Waals surface area contributed by atoms with Crippen molar-refractivity contribution in [2.24, 2.45) is 5.92 Å². The number of ether oxygens (including phenoxy) is 2. The summed E-state index contributed by atoms with van der Waals surface area (Å²) >= 11 is 0. The fraction of sp³-hybridized carbons (Fsp3) is 0.462. The maximum Gasteiger partial charge on any atom is 0.231 e. The van der Waals surface area contributed by atoms with Crippen LogP contribution in [0, 0.1) is 5.92 Å². The molecule has 1 aromatic carbocycles. The summed E-state index contributed by atoms with van der Waals surface area (Å²) in [6, 6.07) is 5.68. The topological polar surface area (TPSA) is 59.6 Å². The van der Waals surface area contributed by atoms with E-state index in [1.807, 2.05) is 19.1 Å². The number of hydrogen-bond donors (Lipinski definition) is 2. The Kier molecular flexibility index (Phi) is 2.83. The Morgan fingerprint density at radius 1 is 1.39 bits per heavy atom. The smallest absolute Gasteiger partial charge is 0.231 e. The van der Waals surface area contributed by atoms with Gasteiger partial charge in [0.1, 0.15) is 0 Å². The van der Waals surface area contributed by atoms with Gasteiger partial charge in [0.15, 0.2) is 11.5 Å². The number of rotatable bonds is 2. The van der Waals surface area contributed by atoms with E-state index in [1.54, 1.807) is 6.07 Å². The van der Waals surface area contributed by atoms with Gasteiger partial charge in [-0.05, 0) is 32.0 Å². The largest absolute Gasteiger partial charge is 0.454 e. The Hall–Kier alpha value is -1.75. The summed E-state index contributed by atoms with van der Waals surface area (Å²) in [4.78, 5) is 12.1. The van der Waals surface area contributed by atoms with Gasteiger partial charge in [-0.25, -0.2) is 0 Å². The third kappa shape index (κ3) is 2.01. The third-order valence-electron chi connectivity index (χ3n) is 3.50. The molecule has 0 saturated carbocycles. The Morgan fingerprint density at radius 3 is 3.00 bits per heavy atom. The van der Waals surface area contributed by atoms with E-state index < -0.39 is 0 Å². The maximum atomic E-state index is 12.1. The Labute approximate surface area is 105 Å². The first-order valence-electron chi connectivity index (χ1n) is 6.18. The molecule has 2 heterocycles. The van der Waals surface area contributed by atoms with Crippen LogP contribution in [0.25, 0.3) is 0 Å². The Bertz CT molecular complexity index is 475. The molecule has 1 aromatic rings. The van der Waals surface area contributed by atoms with Crippen molar-refractivity contribution in [3.63, 3.8) is 0 Å². The number of fused-ring (bicyclic) bond motifs is 1. The van der Waals surface area contributed by atoms with Crippen LogP contribution in [-0.2, 0) is 4.79 Å². The number of anilines is 1. The minimum Gasteiger partial charge on any atom is -0.454 e. The highest BCUT2D eigenvalue weighted by molar-refractivity contribution is 5.93. The number of carbonyl (C=O) groups excluding carboxylic acids is 1. The molecule has 2 aliphatic heterocycles. The molecular formula is C13H16N2O3. The van der Waals surface area contributed by atoms with Crippen molar-refractivity contribution in [2.45, 2.75) is 19.4 Å². The summed E-state index contributed by atoms with van der Waals surface area (Å²) < 4.78 is 10.5. The molecule has 2 N–H and O–H groups in total. The molecule has 0 bridgehead atoms. The van der Waals surface area contributed by atoms with Crippen LogP contribution in [0.2, 0.25) is 0 Å². The van der Waals surface area contributed by atoms with Gasteiger partial charge in [0.2, 0.25) is 12.7 Å². The van der Waals surface area contributed by atoms with E-state index in [0.717, 1.165) is 24.4 Å². The third-order valence-corrected chi connectivity index (χ3v) is 3.50. The monoisotopic (exact) mass is 248 g/mol. The summed E-state index contributed by atoms with van der Waals surface area (Å²) in [7, 11) is 0. The first-order valence-corrected chi connectivity index (χ1v) is 6.18. The van der Waals surface area contributed by atoms with E-state index >= 15 is 0 Å². The molecule has 96 valence electrons. The molecule has 5 nitrogen and oxygen atoms in total. The van der Waals surface area contributed by atoms with Gasteiger partial charge in [0.05, 0.1) is 5.92 Å². The van der Waals surface area contributed by atoms with Crippen LogP contribution < -0.4 is 20.1 Å². The lowest BCUT2D eigenvalue weighted by Crippen LogP contribution is -2.32. The lowest BCUT2D eigenvalue weighted by molar-refractivity contribution is -0.119. The number of hydrogen-bond acceptors (Lipinski definition) is 4. The van der Waals surface area contributed by atoms with Crippen LogP contribution >= 0.6 is 0 Å². The highest BCUT2D eigenvalue weighted by Crippen LogP contribution is 2.34. The van der Waals surface area contributed by atoms with Gasteiger partial charge in [-0.3, -0.25) is 4.79 Å². The van der Waals surface area contributed by atoms with Gasteiger partial charge < -0.3 is 20.1 Å². The predicted molar refractivity (Wildman–Crippen MR) is 66.8 cm³/mol. The van der Waals surface area contributed by atoms with Gasteiger partial charge >= 0.3 is 0 Å². The van der Waals surface area contributed by atoms with E-state index in [2.05, 4.69) is 10.6 Å². The summed E-state index contributed by atoms with van der Waals surface area (Å²) in [6.07, 6.45) is 0.886. The van der Waals surface area contributed by atoms with E-state index in [-0.39, 0.29) is 24.7 Å². The molecule has 1 saturated heterocycles. The lowest BCUT2D eigenvalue weighted by Gasteiger charge is -2.15. The van der Waals surface area contributed by atoms with Crippen LogP contribution in [0.1, 0.15) is 13.3 Å². The summed E-state index contributed by atoms with van der Waals surface area (Å²) in [6.45, 7) is 3.19. The molecule has 5 heteroatoms. The first kappa shape index (κ1) is 11.3. The normalized spacial score (nSPS) is 25.2. The van der Waals surface area contributed by atoms with Crippen LogP contribution in [0.15, 0.2) is 18.2 Å². The fourth-order valence-corrected chi connectivity index (χ4v) is 2.43. The number of carbonyl (C=O) groups is 1. The van der Waals surface area contributed by atoms with Gasteiger partial charge in [-0.2, -0.15) is 0 Å². The number of nitrogens with one attached hydrogen (secondary N) is 2. The lowest BCUT2D eigenvalue weighted by atomic mass is 10.0. The quantitative estimate of drug-likeness (QED) is 0.829. The highest BCUT2D eigenvalue weighted by Gasteiger charge is 2.29. The molecule has 0 spiro atoms. The minimum atomic E-state index is 0.0374. The number of benzene rings is 1. The van der Waals surface area contributed by atoms with Gasteiger partial charge in [-0.15, -0.1) is 0 Å². The summed E-state index contributed by atoms with van der Waals surface area (Å²) in [5, 5.41) is 6.20. The van der Waals surface area contributed by atoms with E-state index in [9.17, 15) is 4.79 Å². The predicted octanol–water partition coefficient (Wildman–Crippen LogP) is 1.35. The van der Waals surface area contributed by atoms with Crippen molar-refractivity contribution >= 4 is 11.6 Å². The Balaban J connectivity index is 1.71. The molecule has 2 atom stereocenters. The van der Waals surface area contributed by atoms with E-state index in [4.69, 9.17) is 9.47 Å². The fourth-order valence-electron chi connectivity index (χ4n) is 2.43. The van der Waals surface area contributed by atoms with Crippen molar-refractivity contribution in [3.05, 3.63) is 18.2 Å². The molecule has 2 unspecified atom stereocenters. The SMILES string of the molecule is CC1NCCC1C(=O)Nc1ccc2c(c1)OCO2. The van der Waals surface area contributed by atoms with Crippen molar-refractivity contribution in [2.75, 3.05) is 18.7 Å². The Morgan fingerprint density at radius 2 is 2.22 bits per heavy atom. The van der Waals surface area contributed by atoms with Crippen LogP contribution in [0.4, 0.5) is 5.69 Å². The molecule has 0 radical (unpaired) electrons. The summed E-state index contributed by atoms with van der Waals surface area (Å²) in [5.74, 6) is 1.51. The van der Waals surface area contributed by atoms with Crippen molar-refractivity contribution < 1.29 is 14.3 Å². The zero-order chi connectivity index (χ0) is 12.5. The van der Waals surface area contributed by atoms with Gasteiger partial charge in [0.25, 0.3) is 0 Å². The second-order valence-electron chi connectivity index (χ2n) is 4.70. The van der Waals surface area contributed by atoms with Gasteiger partial charge in [-0.1, -0.05) is 0 Å². The number of amides is 1. The molecule has 1 amide bonds. The van der Waals surface area contributed by atoms with Crippen LogP contribution in [0.5, 0.6) is 11.5 Å². The standard InChI is InChI=1S/C13H16N2O3/c1-8-10(4-5-14-8)13(16)15-9-2-3-11-12(6-9)18-7-17-11/h2-3,6,8,10,14H,4-5,7H2,1H3,(H,15,16). The molecule has 1 fully saturated rings. The van der Waals surface area contributed by atoms with E-state index in [0.29, 0.717) is 5.75 Å². The van der Waals surface area contributed by atoms with Crippen molar-refractivity contribution in [1.82, 2.24) is 5.32 Å². The van der Waals surface area contributed by atoms with Crippen molar-refractivity contribution in [1.29, 1.82) is 0 Å². The molecule has 2 aliphatic rings. The minimum absolute atomic E-state index is 0.0374.